The van der Waals surface area contributed by atoms with Gasteiger partial charge in [0.05, 0.1) is 35.4 Å². The van der Waals surface area contributed by atoms with Crippen molar-refractivity contribution < 1.29 is 17.9 Å². The fourth-order valence-corrected chi connectivity index (χ4v) is 3.94. The molecule has 7 nitrogen and oxygen atoms in total. The summed E-state index contributed by atoms with van der Waals surface area (Å²) in [6, 6.07) is 4.51. The summed E-state index contributed by atoms with van der Waals surface area (Å²) in [5.41, 5.74) is 0.431. The molecule has 0 spiro atoms. The number of rotatable bonds is 6. The summed E-state index contributed by atoms with van der Waals surface area (Å²) in [5.74, 6) is 0. The molecule has 10 heteroatoms. The van der Waals surface area contributed by atoms with E-state index in [4.69, 9.17) is 33.3 Å². The summed E-state index contributed by atoms with van der Waals surface area (Å²) in [6.07, 6.45) is 0. The molecule has 134 valence electrons. The highest BCUT2D eigenvalue weighted by Gasteiger charge is 2.26. The van der Waals surface area contributed by atoms with Gasteiger partial charge in [0.2, 0.25) is 10.0 Å². The van der Waals surface area contributed by atoms with Crippen molar-refractivity contribution in [1.82, 2.24) is 9.62 Å². The standard InChI is InChI=1S/C14H20ClN3O4S2/c1-21-7-4-16-14(23)17-13-10-11(2-3-12(13)15)24(19,20)18-5-8-22-9-6-18/h2-3,10H,4-9H2,1H3,(H2,16,17,23). The molecule has 2 N–H and O–H groups in total. The number of halogens is 1. The van der Waals surface area contributed by atoms with Gasteiger partial charge in [-0.05, 0) is 30.4 Å². The summed E-state index contributed by atoms with van der Waals surface area (Å²) in [7, 11) is -1.99. The first kappa shape index (κ1) is 19.4. The van der Waals surface area contributed by atoms with E-state index in [2.05, 4.69) is 10.6 Å². The van der Waals surface area contributed by atoms with Crippen LogP contribution in [0.4, 0.5) is 5.69 Å². The molecule has 0 bridgehead atoms. The maximum absolute atomic E-state index is 12.7. The van der Waals surface area contributed by atoms with Gasteiger partial charge in [-0.1, -0.05) is 11.6 Å². The Morgan fingerprint density at radius 3 is 2.79 bits per heavy atom. The van der Waals surface area contributed by atoms with Gasteiger partial charge < -0.3 is 20.1 Å². The molecule has 1 aliphatic rings. The average Bonchev–Trinajstić information content (AvgIpc) is 2.58. The van der Waals surface area contributed by atoms with Crippen molar-refractivity contribution in [2.45, 2.75) is 4.90 Å². The Hall–Kier alpha value is -0.970. The van der Waals surface area contributed by atoms with Crippen molar-refractivity contribution in [2.24, 2.45) is 0 Å². The Kier molecular flexibility index (Phi) is 7.20. The third-order valence-corrected chi connectivity index (χ3v) is 5.86. The zero-order valence-corrected chi connectivity index (χ0v) is 15.6. The van der Waals surface area contributed by atoms with Crippen LogP contribution in [0.1, 0.15) is 0 Å². The van der Waals surface area contributed by atoms with E-state index in [0.29, 0.717) is 55.3 Å². The molecule has 0 aromatic heterocycles. The van der Waals surface area contributed by atoms with Crippen LogP contribution in [0.5, 0.6) is 0 Å². The Labute approximate surface area is 152 Å². The minimum absolute atomic E-state index is 0.163. The van der Waals surface area contributed by atoms with Crippen LogP contribution in [0.3, 0.4) is 0 Å². The van der Waals surface area contributed by atoms with E-state index >= 15 is 0 Å². The van der Waals surface area contributed by atoms with Crippen LogP contribution in [-0.4, -0.2) is 64.4 Å². The van der Waals surface area contributed by atoms with Crippen LogP contribution in [0, 0.1) is 0 Å². The number of methoxy groups -OCH3 is 1. The number of sulfonamides is 1. The lowest BCUT2D eigenvalue weighted by Gasteiger charge is -2.26. The second kappa shape index (κ2) is 8.93. The van der Waals surface area contributed by atoms with Gasteiger partial charge in [0.1, 0.15) is 0 Å². The Balaban J connectivity index is 2.14. The highest BCUT2D eigenvalue weighted by Crippen LogP contribution is 2.27. The largest absolute Gasteiger partial charge is 0.383 e. The van der Waals surface area contributed by atoms with Gasteiger partial charge in [-0.3, -0.25) is 0 Å². The molecule has 0 unspecified atom stereocenters. The van der Waals surface area contributed by atoms with Crippen LogP contribution >= 0.6 is 23.8 Å². The SMILES string of the molecule is COCCNC(=S)Nc1cc(S(=O)(=O)N2CCOCC2)ccc1Cl. The molecule has 0 atom stereocenters. The number of hydrogen-bond donors (Lipinski definition) is 2. The minimum Gasteiger partial charge on any atom is -0.383 e. The van der Waals surface area contributed by atoms with E-state index in [9.17, 15) is 8.42 Å². The van der Waals surface area contributed by atoms with Crippen molar-refractivity contribution in [3.63, 3.8) is 0 Å². The first-order valence-electron chi connectivity index (χ1n) is 7.36. The number of benzene rings is 1. The van der Waals surface area contributed by atoms with Crippen molar-refractivity contribution in [3.05, 3.63) is 23.2 Å². The van der Waals surface area contributed by atoms with Crippen LogP contribution in [0.25, 0.3) is 0 Å². The maximum atomic E-state index is 12.7. The molecule has 1 aromatic rings. The van der Waals surface area contributed by atoms with E-state index in [-0.39, 0.29) is 4.90 Å². The number of morpholine rings is 1. The summed E-state index contributed by atoms with van der Waals surface area (Å²) >= 11 is 11.3. The summed E-state index contributed by atoms with van der Waals surface area (Å²) in [6.45, 7) is 2.50. The van der Waals surface area contributed by atoms with Crippen molar-refractivity contribution in [2.75, 3.05) is 51.9 Å². The van der Waals surface area contributed by atoms with Crippen LogP contribution in [0.15, 0.2) is 23.1 Å². The number of thiocarbonyl (C=S) groups is 1. The Morgan fingerprint density at radius 2 is 2.12 bits per heavy atom. The van der Waals surface area contributed by atoms with Gasteiger partial charge in [0.25, 0.3) is 0 Å². The molecule has 0 radical (unpaired) electrons. The van der Waals surface area contributed by atoms with E-state index in [1.807, 2.05) is 0 Å². The zero-order chi connectivity index (χ0) is 17.6. The fraction of sp³-hybridized carbons (Fsp3) is 0.500. The molecular weight excluding hydrogens is 374 g/mol. The van der Waals surface area contributed by atoms with Crippen LogP contribution in [0.2, 0.25) is 5.02 Å². The van der Waals surface area contributed by atoms with Gasteiger partial charge in [-0.25, -0.2) is 8.42 Å². The molecule has 0 amide bonds. The molecule has 0 aliphatic carbocycles. The first-order valence-corrected chi connectivity index (χ1v) is 9.59. The van der Waals surface area contributed by atoms with E-state index in [1.165, 1.54) is 22.5 Å². The maximum Gasteiger partial charge on any atom is 0.243 e. The van der Waals surface area contributed by atoms with Crippen LogP contribution in [-0.2, 0) is 19.5 Å². The molecule has 1 heterocycles. The lowest BCUT2D eigenvalue weighted by molar-refractivity contribution is 0.0730. The predicted octanol–water partition coefficient (Wildman–Crippen LogP) is 1.29. The lowest BCUT2D eigenvalue weighted by atomic mass is 10.3. The predicted molar refractivity (Wildman–Crippen MR) is 97.1 cm³/mol. The normalized spacial score (nSPS) is 15.9. The third kappa shape index (κ3) is 5.01. The van der Waals surface area contributed by atoms with Crippen LogP contribution < -0.4 is 10.6 Å². The molecular formula is C14H20ClN3O4S2. The molecule has 0 saturated carbocycles. The minimum atomic E-state index is -3.59. The second-order valence-electron chi connectivity index (χ2n) is 5.03. The highest BCUT2D eigenvalue weighted by atomic mass is 35.5. The Bertz CT molecular complexity index is 679. The number of nitrogens with one attached hydrogen (secondary N) is 2. The van der Waals surface area contributed by atoms with Gasteiger partial charge in [0, 0.05) is 26.7 Å². The van der Waals surface area contributed by atoms with Crippen molar-refractivity contribution in [3.8, 4) is 0 Å². The number of anilines is 1. The molecule has 24 heavy (non-hydrogen) atoms. The molecule has 1 aliphatic heterocycles. The van der Waals surface area contributed by atoms with E-state index in [1.54, 1.807) is 7.11 Å². The van der Waals surface area contributed by atoms with Gasteiger partial charge in [-0.15, -0.1) is 0 Å². The Morgan fingerprint density at radius 1 is 1.42 bits per heavy atom. The molecule has 1 aromatic carbocycles. The lowest BCUT2D eigenvalue weighted by Crippen LogP contribution is -2.40. The quantitative estimate of drug-likeness (QED) is 0.557. The van der Waals surface area contributed by atoms with Gasteiger partial charge in [-0.2, -0.15) is 4.31 Å². The molecule has 1 fully saturated rings. The molecule has 1 saturated heterocycles. The van der Waals surface area contributed by atoms with Crippen molar-refractivity contribution >= 4 is 44.6 Å². The fourth-order valence-electron chi connectivity index (χ4n) is 2.13. The summed E-state index contributed by atoms with van der Waals surface area (Å²) in [4.78, 5) is 0.163. The number of nitrogens with zero attached hydrogens (tertiary/aromatic N) is 1. The summed E-state index contributed by atoms with van der Waals surface area (Å²) < 4.78 is 36.9. The number of hydrogen-bond acceptors (Lipinski definition) is 5. The van der Waals surface area contributed by atoms with Crippen molar-refractivity contribution in [1.29, 1.82) is 0 Å². The topological polar surface area (TPSA) is 79.9 Å². The highest BCUT2D eigenvalue weighted by molar-refractivity contribution is 7.89. The van der Waals surface area contributed by atoms with E-state index < -0.39 is 10.0 Å². The zero-order valence-electron chi connectivity index (χ0n) is 13.2. The number of ether oxygens (including phenoxy) is 2. The second-order valence-corrected chi connectivity index (χ2v) is 7.79. The van der Waals surface area contributed by atoms with Gasteiger partial charge in [0.15, 0.2) is 5.11 Å². The average molecular weight is 394 g/mol. The summed E-state index contributed by atoms with van der Waals surface area (Å²) in [5, 5.41) is 6.57. The third-order valence-electron chi connectivity index (χ3n) is 3.39. The monoisotopic (exact) mass is 393 g/mol. The van der Waals surface area contributed by atoms with Gasteiger partial charge >= 0.3 is 0 Å². The first-order chi connectivity index (χ1) is 11.4. The smallest absolute Gasteiger partial charge is 0.243 e. The molecule has 2 rings (SSSR count). The van der Waals surface area contributed by atoms with E-state index in [0.717, 1.165) is 0 Å².